The average Bonchev–Trinajstić information content (AvgIpc) is 2.65. The molecule has 9 heteroatoms. The van der Waals surface area contributed by atoms with Crippen molar-refractivity contribution in [3.05, 3.63) is 11.5 Å². The zero-order valence-electron chi connectivity index (χ0n) is 16.8. The first-order valence-corrected chi connectivity index (χ1v) is 8.65. The second-order valence-corrected chi connectivity index (χ2v) is 8.38. The SMILES string of the molecule is CC(C)(C)OC(=O)N1CC=C(B2OC(C)(C)C(C)(C)O2)CC1.NC(=O)O. The average molecular weight is 370 g/mol. The van der Waals surface area contributed by atoms with Crippen LogP contribution in [0, 0.1) is 0 Å². The number of rotatable bonds is 1. The summed E-state index contributed by atoms with van der Waals surface area (Å²) < 4.78 is 17.5. The van der Waals surface area contributed by atoms with Crippen LogP contribution in [0.2, 0.25) is 0 Å². The van der Waals surface area contributed by atoms with Crippen LogP contribution < -0.4 is 5.73 Å². The third-order valence-electron chi connectivity index (χ3n) is 4.45. The maximum absolute atomic E-state index is 12.1. The largest absolute Gasteiger partial charge is 0.490 e. The molecule has 2 aliphatic heterocycles. The summed E-state index contributed by atoms with van der Waals surface area (Å²) in [6.45, 7) is 15.0. The van der Waals surface area contributed by atoms with E-state index in [-0.39, 0.29) is 24.4 Å². The lowest BCUT2D eigenvalue weighted by atomic mass is 9.75. The molecule has 0 aliphatic carbocycles. The van der Waals surface area contributed by atoms with E-state index in [0.717, 1.165) is 11.9 Å². The fourth-order valence-electron chi connectivity index (χ4n) is 2.39. The second-order valence-electron chi connectivity index (χ2n) is 8.38. The molecule has 0 atom stereocenters. The van der Waals surface area contributed by atoms with Crippen LogP contribution in [0.3, 0.4) is 0 Å². The quantitative estimate of drug-likeness (QED) is 0.687. The topological polar surface area (TPSA) is 111 Å². The minimum absolute atomic E-state index is 0.267. The van der Waals surface area contributed by atoms with Crippen molar-refractivity contribution in [2.24, 2.45) is 5.73 Å². The van der Waals surface area contributed by atoms with Gasteiger partial charge in [-0.15, -0.1) is 0 Å². The Morgan fingerprint density at radius 1 is 1.23 bits per heavy atom. The van der Waals surface area contributed by atoms with Gasteiger partial charge in [-0.05, 0) is 60.4 Å². The van der Waals surface area contributed by atoms with Gasteiger partial charge in [-0.25, -0.2) is 9.59 Å². The zero-order valence-corrected chi connectivity index (χ0v) is 16.8. The molecular weight excluding hydrogens is 339 g/mol. The standard InChI is InChI=1S/C16H28BNO4.CH3NO2/c1-14(2,3)20-13(19)18-10-8-12(9-11-18)17-21-15(4,5)16(6,7)22-17;2-1(3)4/h8H,9-11H2,1-7H3;2H2,(H,3,4). The molecular formula is C17H31BN2O6. The molecule has 0 saturated carbocycles. The van der Waals surface area contributed by atoms with Gasteiger partial charge in [-0.2, -0.15) is 0 Å². The Labute approximate surface area is 155 Å². The summed E-state index contributed by atoms with van der Waals surface area (Å²) in [5, 5.41) is 7.19. The Kier molecular flexibility index (Phi) is 6.76. The molecule has 0 aromatic carbocycles. The molecule has 0 spiro atoms. The number of carbonyl (C=O) groups is 2. The van der Waals surface area contributed by atoms with Gasteiger partial charge in [0.1, 0.15) is 5.60 Å². The molecule has 0 aromatic rings. The van der Waals surface area contributed by atoms with Gasteiger partial charge in [-0.1, -0.05) is 6.08 Å². The molecule has 0 aromatic heterocycles. The molecule has 2 amide bonds. The van der Waals surface area contributed by atoms with Crippen molar-refractivity contribution in [1.29, 1.82) is 0 Å². The van der Waals surface area contributed by atoms with E-state index in [1.54, 1.807) is 4.90 Å². The van der Waals surface area contributed by atoms with Crippen LogP contribution in [-0.2, 0) is 14.0 Å². The van der Waals surface area contributed by atoms with Crippen LogP contribution in [0.5, 0.6) is 0 Å². The highest BCUT2D eigenvalue weighted by Gasteiger charge is 2.52. The van der Waals surface area contributed by atoms with Crippen LogP contribution >= 0.6 is 0 Å². The van der Waals surface area contributed by atoms with E-state index in [4.69, 9.17) is 23.9 Å². The lowest BCUT2D eigenvalue weighted by molar-refractivity contribution is 0.00578. The maximum Gasteiger partial charge on any atom is 0.490 e. The lowest BCUT2D eigenvalue weighted by Crippen LogP contribution is -2.41. The van der Waals surface area contributed by atoms with Crippen molar-refractivity contribution in [3.8, 4) is 0 Å². The first kappa shape index (κ1) is 22.3. The summed E-state index contributed by atoms with van der Waals surface area (Å²) in [6.07, 6.45) is 1.17. The van der Waals surface area contributed by atoms with Gasteiger partial charge in [0.25, 0.3) is 0 Å². The number of primary amides is 1. The van der Waals surface area contributed by atoms with Crippen molar-refractivity contribution in [3.63, 3.8) is 0 Å². The Hall–Kier alpha value is -1.74. The van der Waals surface area contributed by atoms with E-state index in [9.17, 15) is 4.79 Å². The number of nitrogens with zero attached hydrogens (tertiary/aromatic N) is 1. The van der Waals surface area contributed by atoms with Gasteiger partial charge in [-0.3, -0.25) is 0 Å². The van der Waals surface area contributed by atoms with Gasteiger partial charge < -0.3 is 29.8 Å². The minimum Gasteiger partial charge on any atom is -0.465 e. The zero-order chi connectivity index (χ0) is 20.3. The fraction of sp³-hybridized carbons (Fsp3) is 0.765. The molecule has 2 aliphatic rings. The van der Waals surface area contributed by atoms with Gasteiger partial charge in [0, 0.05) is 13.1 Å². The summed E-state index contributed by atoms with van der Waals surface area (Å²) in [7, 11) is -0.314. The van der Waals surface area contributed by atoms with Crippen molar-refractivity contribution in [1.82, 2.24) is 4.90 Å². The molecule has 26 heavy (non-hydrogen) atoms. The Morgan fingerprint density at radius 3 is 2.04 bits per heavy atom. The molecule has 1 saturated heterocycles. The molecule has 1 fully saturated rings. The summed E-state index contributed by atoms with van der Waals surface area (Å²) in [6, 6.07) is 0. The van der Waals surface area contributed by atoms with Gasteiger partial charge in [0.15, 0.2) is 0 Å². The summed E-state index contributed by atoms with van der Waals surface area (Å²) in [5.74, 6) is 0. The van der Waals surface area contributed by atoms with E-state index in [2.05, 4.69) is 5.73 Å². The van der Waals surface area contributed by atoms with E-state index in [0.29, 0.717) is 13.1 Å². The van der Waals surface area contributed by atoms with E-state index in [1.165, 1.54) is 0 Å². The highest BCUT2D eigenvalue weighted by atomic mass is 16.7. The highest BCUT2D eigenvalue weighted by molar-refractivity contribution is 6.54. The summed E-state index contributed by atoms with van der Waals surface area (Å²) in [5.41, 5.74) is 4.01. The Balaban J connectivity index is 0.000000765. The number of hydrogen-bond donors (Lipinski definition) is 2. The summed E-state index contributed by atoms with van der Waals surface area (Å²) in [4.78, 5) is 22.5. The van der Waals surface area contributed by atoms with Gasteiger partial charge >= 0.3 is 19.3 Å². The molecule has 0 unspecified atom stereocenters. The summed E-state index contributed by atoms with van der Waals surface area (Å²) >= 11 is 0. The number of ether oxygens (including phenoxy) is 1. The smallest absolute Gasteiger partial charge is 0.465 e. The maximum atomic E-state index is 12.1. The van der Waals surface area contributed by atoms with Crippen molar-refractivity contribution < 1.29 is 28.7 Å². The predicted molar refractivity (Wildman–Crippen MR) is 98.8 cm³/mol. The van der Waals surface area contributed by atoms with Crippen LogP contribution in [0.15, 0.2) is 11.5 Å². The Bertz CT molecular complexity index is 548. The number of amides is 2. The first-order chi connectivity index (χ1) is 11.6. The predicted octanol–water partition coefficient (Wildman–Crippen LogP) is 2.81. The van der Waals surface area contributed by atoms with Crippen LogP contribution in [0.1, 0.15) is 54.9 Å². The lowest BCUT2D eigenvalue weighted by Gasteiger charge is -2.32. The molecule has 3 N–H and O–H groups in total. The second kappa shape index (κ2) is 7.88. The normalized spacial score (nSPS) is 21.4. The fourth-order valence-corrected chi connectivity index (χ4v) is 2.39. The molecule has 8 nitrogen and oxygen atoms in total. The van der Waals surface area contributed by atoms with Crippen LogP contribution in [-0.4, -0.2) is 59.2 Å². The third-order valence-corrected chi connectivity index (χ3v) is 4.45. The van der Waals surface area contributed by atoms with Gasteiger partial charge in [0.2, 0.25) is 0 Å². The van der Waals surface area contributed by atoms with Crippen LogP contribution in [0.25, 0.3) is 0 Å². The number of hydrogen-bond acceptors (Lipinski definition) is 5. The monoisotopic (exact) mass is 370 g/mol. The number of nitrogens with two attached hydrogens (primary N) is 1. The number of carboxylic acid groups (broad SMARTS) is 1. The minimum atomic E-state index is -1.33. The Morgan fingerprint density at radius 2 is 1.69 bits per heavy atom. The van der Waals surface area contributed by atoms with Crippen LogP contribution in [0.4, 0.5) is 9.59 Å². The number of carbonyl (C=O) groups excluding carboxylic acids is 1. The van der Waals surface area contributed by atoms with Crippen molar-refractivity contribution >= 4 is 19.3 Å². The first-order valence-electron chi connectivity index (χ1n) is 8.65. The van der Waals surface area contributed by atoms with E-state index in [1.807, 2.05) is 54.5 Å². The molecule has 148 valence electrons. The molecule has 2 rings (SSSR count). The van der Waals surface area contributed by atoms with E-state index < -0.39 is 11.7 Å². The van der Waals surface area contributed by atoms with Crippen molar-refractivity contribution in [2.75, 3.05) is 13.1 Å². The molecule has 2 heterocycles. The van der Waals surface area contributed by atoms with Crippen molar-refractivity contribution in [2.45, 2.75) is 71.7 Å². The molecule has 0 radical (unpaired) electrons. The van der Waals surface area contributed by atoms with E-state index >= 15 is 0 Å². The molecule has 0 bridgehead atoms. The third kappa shape index (κ3) is 6.21. The highest BCUT2D eigenvalue weighted by Crippen LogP contribution is 2.39. The van der Waals surface area contributed by atoms with Gasteiger partial charge in [0.05, 0.1) is 11.2 Å².